The van der Waals surface area contributed by atoms with Crippen LogP contribution in [0.1, 0.15) is 11.1 Å². The van der Waals surface area contributed by atoms with Crippen LogP contribution in [0.25, 0.3) is 16.9 Å². The first-order valence-electron chi connectivity index (χ1n) is 7.95. The lowest BCUT2D eigenvalue weighted by Crippen LogP contribution is -2.02. The SMILES string of the molecule is COc1cc(-n2nncc2-c2ccc(OP(C)(=O)O)cc2)cc(C)c1C. The second-order valence-corrected chi connectivity index (χ2v) is 7.83. The molecule has 8 heteroatoms. The molecular weight excluding hydrogens is 353 g/mol. The van der Waals surface area contributed by atoms with Crippen molar-refractivity contribution < 1.29 is 18.7 Å². The summed E-state index contributed by atoms with van der Waals surface area (Å²) < 4.78 is 23.5. The second-order valence-electron chi connectivity index (χ2n) is 6.04. The number of nitrogens with zero attached hydrogens (tertiary/aromatic N) is 3. The summed E-state index contributed by atoms with van der Waals surface area (Å²) in [6, 6.07) is 10.8. The molecule has 3 aromatic rings. The average molecular weight is 373 g/mol. The average Bonchev–Trinajstić information content (AvgIpc) is 3.06. The largest absolute Gasteiger partial charge is 0.496 e. The number of benzene rings is 2. The van der Waals surface area contributed by atoms with E-state index in [1.165, 1.54) is 0 Å². The van der Waals surface area contributed by atoms with Crippen molar-refractivity contribution in [3.05, 3.63) is 53.7 Å². The van der Waals surface area contributed by atoms with Crippen LogP contribution >= 0.6 is 7.60 Å². The minimum atomic E-state index is -3.58. The second kappa shape index (κ2) is 6.94. The molecule has 0 saturated carbocycles. The lowest BCUT2D eigenvalue weighted by atomic mass is 10.1. The van der Waals surface area contributed by atoms with Gasteiger partial charge in [0.15, 0.2) is 0 Å². The third-order valence-electron chi connectivity index (χ3n) is 4.04. The normalized spacial score (nSPS) is 13.3. The lowest BCUT2D eigenvalue weighted by Gasteiger charge is -2.13. The molecule has 1 heterocycles. The van der Waals surface area contributed by atoms with Gasteiger partial charge in [0.2, 0.25) is 0 Å². The van der Waals surface area contributed by atoms with Crippen molar-refractivity contribution in [3.63, 3.8) is 0 Å². The standard InChI is InChI=1S/C18H20N3O4P/c1-12-9-15(10-18(24-3)13(12)2)21-17(11-19-20-21)14-5-7-16(8-6-14)25-26(4,22)23/h5-11H,1-4H3,(H,22,23). The van der Waals surface area contributed by atoms with Gasteiger partial charge in [-0.3, -0.25) is 0 Å². The smallest absolute Gasteiger partial charge is 0.373 e. The van der Waals surface area contributed by atoms with Crippen molar-refractivity contribution in [2.24, 2.45) is 0 Å². The van der Waals surface area contributed by atoms with Crippen molar-refractivity contribution in [3.8, 4) is 28.4 Å². The fraction of sp³-hybridized carbons (Fsp3) is 0.222. The van der Waals surface area contributed by atoms with E-state index in [0.717, 1.165) is 40.5 Å². The van der Waals surface area contributed by atoms with Crippen LogP contribution in [0.5, 0.6) is 11.5 Å². The Kier molecular flexibility index (Phi) is 4.85. The van der Waals surface area contributed by atoms with Gasteiger partial charge in [-0.2, -0.15) is 0 Å². The van der Waals surface area contributed by atoms with E-state index in [1.807, 2.05) is 26.0 Å². The number of methoxy groups -OCH3 is 1. The first-order valence-corrected chi connectivity index (χ1v) is 9.97. The first kappa shape index (κ1) is 18.2. The molecule has 1 unspecified atom stereocenters. The number of ether oxygens (including phenoxy) is 1. The predicted octanol–water partition coefficient (Wildman–Crippen LogP) is 3.75. The Morgan fingerprint density at radius 2 is 1.85 bits per heavy atom. The summed E-state index contributed by atoms with van der Waals surface area (Å²) in [5.41, 5.74) is 4.64. The highest BCUT2D eigenvalue weighted by atomic mass is 31.2. The molecular formula is C18H20N3O4P. The van der Waals surface area contributed by atoms with Crippen LogP contribution in [-0.4, -0.2) is 33.7 Å². The Bertz CT molecular complexity index is 977. The Balaban J connectivity index is 1.99. The van der Waals surface area contributed by atoms with Crippen molar-refractivity contribution in [1.29, 1.82) is 0 Å². The Labute approximate surface area is 151 Å². The van der Waals surface area contributed by atoms with Gasteiger partial charge in [-0.25, -0.2) is 9.25 Å². The molecule has 0 aliphatic carbocycles. The highest BCUT2D eigenvalue weighted by molar-refractivity contribution is 7.52. The third-order valence-corrected chi connectivity index (χ3v) is 4.59. The molecule has 26 heavy (non-hydrogen) atoms. The van der Waals surface area contributed by atoms with Gasteiger partial charge in [-0.15, -0.1) is 5.10 Å². The number of hydrogen-bond acceptors (Lipinski definition) is 5. The molecule has 0 bridgehead atoms. The molecule has 1 N–H and O–H groups in total. The van der Waals surface area contributed by atoms with Crippen LogP contribution in [0, 0.1) is 13.8 Å². The molecule has 1 aromatic heterocycles. The maximum atomic E-state index is 11.4. The number of aryl methyl sites for hydroxylation is 1. The van der Waals surface area contributed by atoms with Gasteiger partial charge in [-0.05, 0) is 55.3 Å². The molecule has 0 aliphatic rings. The van der Waals surface area contributed by atoms with E-state index < -0.39 is 7.60 Å². The summed E-state index contributed by atoms with van der Waals surface area (Å²) in [6.07, 6.45) is 1.66. The van der Waals surface area contributed by atoms with Crippen LogP contribution in [0.3, 0.4) is 0 Å². The van der Waals surface area contributed by atoms with E-state index in [0.29, 0.717) is 5.75 Å². The van der Waals surface area contributed by atoms with E-state index in [4.69, 9.17) is 9.26 Å². The molecule has 0 aliphatic heterocycles. The molecule has 0 radical (unpaired) electrons. The maximum absolute atomic E-state index is 11.4. The van der Waals surface area contributed by atoms with E-state index in [9.17, 15) is 9.46 Å². The molecule has 2 aromatic carbocycles. The maximum Gasteiger partial charge on any atom is 0.373 e. The quantitative estimate of drug-likeness (QED) is 0.686. The molecule has 3 rings (SSSR count). The molecule has 0 fully saturated rings. The highest BCUT2D eigenvalue weighted by Crippen LogP contribution is 2.38. The molecule has 0 saturated heterocycles. The van der Waals surface area contributed by atoms with E-state index in [1.54, 1.807) is 42.3 Å². The summed E-state index contributed by atoms with van der Waals surface area (Å²) in [6.45, 7) is 5.17. The summed E-state index contributed by atoms with van der Waals surface area (Å²) in [4.78, 5) is 9.31. The summed E-state index contributed by atoms with van der Waals surface area (Å²) in [7, 11) is -1.94. The van der Waals surface area contributed by atoms with E-state index in [2.05, 4.69) is 10.3 Å². The number of hydrogen-bond donors (Lipinski definition) is 1. The molecule has 0 amide bonds. The number of aromatic nitrogens is 3. The lowest BCUT2D eigenvalue weighted by molar-refractivity contribution is 0.387. The minimum Gasteiger partial charge on any atom is -0.496 e. The Morgan fingerprint density at radius 3 is 2.46 bits per heavy atom. The fourth-order valence-electron chi connectivity index (χ4n) is 2.65. The van der Waals surface area contributed by atoms with Crippen molar-refractivity contribution in [2.75, 3.05) is 13.8 Å². The monoisotopic (exact) mass is 373 g/mol. The molecule has 1 atom stereocenters. The summed E-state index contributed by atoms with van der Waals surface area (Å²) in [5.74, 6) is 1.11. The van der Waals surface area contributed by atoms with Gasteiger partial charge < -0.3 is 14.2 Å². The highest BCUT2D eigenvalue weighted by Gasteiger charge is 2.14. The minimum absolute atomic E-state index is 0.328. The van der Waals surface area contributed by atoms with Crippen LogP contribution in [0.2, 0.25) is 0 Å². The Hall–Kier alpha value is -2.63. The van der Waals surface area contributed by atoms with Crippen molar-refractivity contribution in [1.82, 2.24) is 15.0 Å². The summed E-state index contributed by atoms with van der Waals surface area (Å²) in [5, 5.41) is 8.21. The van der Waals surface area contributed by atoms with Gasteiger partial charge in [0, 0.05) is 18.3 Å². The van der Waals surface area contributed by atoms with E-state index >= 15 is 0 Å². The zero-order valence-electron chi connectivity index (χ0n) is 15.0. The van der Waals surface area contributed by atoms with Crippen LogP contribution in [0.4, 0.5) is 0 Å². The van der Waals surface area contributed by atoms with Gasteiger partial charge >= 0.3 is 7.60 Å². The first-order chi connectivity index (χ1) is 12.3. The van der Waals surface area contributed by atoms with Crippen LogP contribution in [0.15, 0.2) is 42.6 Å². The number of rotatable bonds is 5. The van der Waals surface area contributed by atoms with Crippen molar-refractivity contribution in [2.45, 2.75) is 13.8 Å². The fourth-order valence-corrected chi connectivity index (χ4v) is 3.16. The van der Waals surface area contributed by atoms with E-state index in [-0.39, 0.29) is 0 Å². The van der Waals surface area contributed by atoms with Crippen molar-refractivity contribution >= 4 is 7.60 Å². The van der Waals surface area contributed by atoms with Gasteiger partial charge in [0.25, 0.3) is 0 Å². The zero-order chi connectivity index (χ0) is 18.9. The summed E-state index contributed by atoms with van der Waals surface area (Å²) >= 11 is 0. The Morgan fingerprint density at radius 1 is 1.15 bits per heavy atom. The topological polar surface area (TPSA) is 86.5 Å². The van der Waals surface area contributed by atoms with Crippen LogP contribution < -0.4 is 9.26 Å². The molecule has 136 valence electrons. The predicted molar refractivity (Wildman–Crippen MR) is 99.2 cm³/mol. The van der Waals surface area contributed by atoms with Gasteiger partial charge in [0.1, 0.15) is 11.5 Å². The molecule has 7 nitrogen and oxygen atoms in total. The van der Waals surface area contributed by atoms with Gasteiger partial charge in [-0.1, -0.05) is 5.21 Å². The third kappa shape index (κ3) is 3.79. The van der Waals surface area contributed by atoms with Crippen LogP contribution in [-0.2, 0) is 4.57 Å². The van der Waals surface area contributed by atoms with Gasteiger partial charge in [0.05, 0.1) is 24.7 Å². The zero-order valence-corrected chi connectivity index (χ0v) is 15.9. The molecule has 0 spiro atoms.